The lowest BCUT2D eigenvalue weighted by molar-refractivity contribution is -0.385. The smallest absolute Gasteiger partial charge is 0.258 e. The molecule has 0 radical (unpaired) electrons. The summed E-state index contributed by atoms with van der Waals surface area (Å²) < 4.78 is 0. The molecule has 0 saturated carbocycles. The summed E-state index contributed by atoms with van der Waals surface area (Å²) in [5, 5.41) is 21.5. The van der Waals surface area contributed by atoms with Gasteiger partial charge in [0.15, 0.2) is 0 Å². The number of hydrogen-bond acceptors (Lipinski definition) is 7. The van der Waals surface area contributed by atoms with E-state index in [0.717, 1.165) is 17.0 Å². The second-order valence-electron chi connectivity index (χ2n) is 4.98. The van der Waals surface area contributed by atoms with Crippen molar-refractivity contribution in [1.29, 1.82) is 0 Å². The lowest BCUT2D eigenvalue weighted by atomic mass is 10.2. The second-order valence-corrected chi connectivity index (χ2v) is 6.37. The van der Waals surface area contributed by atoms with E-state index < -0.39 is 9.85 Å². The third-order valence-corrected chi connectivity index (χ3v) is 4.32. The highest BCUT2D eigenvalue weighted by Gasteiger charge is 2.05. The monoisotopic (exact) mass is 404 g/mol. The first kappa shape index (κ1) is 20.3. The van der Waals surface area contributed by atoms with Crippen molar-refractivity contribution in [3.8, 4) is 0 Å². The van der Waals surface area contributed by atoms with Gasteiger partial charge in [-0.3, -0.25) is 20.2 Å². The van der Waals surface area contributed by atoms with Crippen LogP contribution in [-0.4, -0.2) is 19.8 Å². The molecule has 0 fully saturated rings. The van der Waals surface area contributed by atoms with Crippen molar-refractivity contribution in [3.05, 3.63) is 97.9 Å². The van der Waals surface area contributed by atoms with Gasteiger partial charge in [-0.25, -0.2) is 9.97 Å². The Balaban J connectivity index is 0.000000223. The molecule has 3 rings (SSSR count). The third kappa shape index (κ3) is 7.00. The van der Waals surface area contributed by atoms with Gasteiger partial charge in [0.2, 0.25) is 0 Å². The number of hydrogen-bond donors (Lipinski definition) is 0. The number of thioether (sulfide) groups is 1. The maximum atomic E-state index is 10.5. The Bertz CT molecular complexity index is 893. The number of halogens is 1. The van der Waals surface area contributed by atoms with E-state index in [4.69, 9.17) is 11.6 Å². The zero-order valence-electron chi connectivity index (χ0n) is 13.8. The fourth-order valence-electron chi connectivity index (χ4n) is 1.77. The molecule has 8 nitrogen and oxygen atoms in total. The first-order valence-corrected chi connectivity index (χ1v) is 8.85. The largest absolute Gasteiger partial charge is 0.287 e. The summed E-state index contributed by atoms with van der Waals surface area (Å²) in [6.07, 6.45) is 2.40. The summed E-state index contributed by atoms with van der Waals surface area (Å²) in [6.45, 7) is 0. The highest BCUT2D eigenvalue weighted by molar-refractivity contribution is 7.98. The Morgan fingerprint density at radius 3 is 1.93 bits per heavy atom. The van der Waals surface area contributed by atoms with Crippen molar-refractivity contribution in [3.63, 3.8) is 0 Å². The molecule has 1 aromatic carbocycles. The quantitative estimate of drug-likeness (QED) is 0.256. The summed E-state index contributed by atoms with van der Waals surface area (Å²) in [7, 11) is 0. The molecular weight excluding hydrogens is 392 g/mol. The average molecular weight is 405 g/mol. The Morgan fingerprint density at radius 2 is 1.44 bits per heavy atom. The van der Waals surface area contributed by atoms with Gasteiger partial charge >= 0.3 is 0 Å². The molecule has 10 heteroatoms. The van der Waals surface area contributed by atoms with Crippen molar-refractivity contribution in [2.45, 2.75) is 10.8 Å². The van der Waals surface area contributed by atoms with E-state index in [9.17, 15) is 20.2 Å². The molecule has 0 bridgehead atoms. The molecule has 0 atom stereocenters. The van der Waals surface area contributed by atoms with Crippen molar-refractivity contribution >= 4 is 34.7 Å². The fraction of sp³-hybridized carbons (Fsp3) is 0.0588. The van der Waals surface area contributed by atoms with E-state index in [1.54, 1.807) is 17.8 Å². The molecule has 2 aromatic heterocycles. The zero-order valence-corrected chi connectivity index (χ0v) is 15.3. The molecule has 0 aliphatic rings. The normalized spacial score (nSPS) is 9.81. The van der Waals surface area contributed by atoms with Crippen LogP contribution in [-0.2, 0) is 5.75 Å². The Kier molecular flexibility index (Phi) is 7.65. The van der Waals surface area contributed by atoms with E-state index >= 15 is 0 Å². The van der Waals surface area contributed by atoms with Crippen LogP contribution in [0.2, 0.25) is 5.15 Å². The average Bonchev–Trinajstić information content (AvgIpc) is 2.68. The highest BCUT2D eigenvalue weighted by Crippen LogP contribution is 2.22. The maximum Gasteiger partial charge on any atom is 0.287 e. The van der Waals surface area contributed by atoms with Crippen LogP contribution in [0.3, 0.4) is 0 Å². The number of rotatable bonds is 5. The second kappa shape index (κ2) is 10.2. The molecule has 0 amide bonds. The van der Waals surface area contributed by atoms with Gasteiger partial charge in [-0.2, -0.15) is 0 Å². The van der Waals surface area contributed by atoms with Gasteiger partial charge < -0.3 is 0 Å². The summed E-state index contributed by atoms with van der Waals surface area (Å²) in [4.78, 5) is 27.1. The SMILES string of the molecule is O=[N+]([O-])c1ccc(Cl)nc1.O=[N+]([O-])c1ccc(SCc2ccccc2)nc1. The Morgan fingerprint density at radius 1 is 0.852 bits per heavy atom. The van der Waals surface area contributed by atoms with Gasteiger partial charge in [0.1, 0.15) is 17.5 Å². The predicted molar refractivity (Wildman–Crippen MR) is 103 cm³/mol. The van der Waals surface area contributed by atoms with Gasteiger partial charge in [0.25, 0.3) is 11.4 Å². The molecule has 27 heavy (non-hydrogen) atoms. The first-order chi connectivity index (χ1) is 13.0. The molecule has 0 spiro atoms. The Hall–Kier alpha value is -3.04. The van der Waals surface area contributed by atoms with Crippen molar-refractivity contribution in [1.82, 2.24) is 9.97 Å². The zero-order chi connectivity index (χ0) is 19.6. The van der Waals surface area contributed by atoms with Crippen LogP contribution in [0.4, 0.5) is 11.4 Å². The van der Waals surface area contributed by atoms with Crippen LogP contribution in [0.15, 0.2) is 72.0 Å². The summed E-state index contributed by atoms with van der Waals surface area (Å²) in [6, 6.07) is 15.8. The van der Waals surface area contributed by atoms with Gasteiger partial charge in [-0.1, -0.05) is 41.9 Å². The van der Waals surface area contributed by atoms with Gasteiger partial charge in [-0.15, -0.1) is 11.8 Å². The molecule has 3 aromatic rings. The van der Waals surface area contributed by atoms with Crippen LogP contribution < -0.4 is 0 Å². The van der Waals surface area contributed by atoms with E-state index in [1.165, 1.54) is 30.0 Å². The van der Waals surface area contributed by atoms with Crippen molar-refractivity contribution in [2.24, 2.45) is 0 Å². The minimum absolute atomic E-state index is 0.0223. The number of nitrogens with zero attached hydrogens (tertiary/aromatic N) is 4. The molecule has 0 N–H and O–H groups in total. The van der Waals surface area contributed by atoms with Crippen LogP contribution in [0.25, 0.3) is 0 Å². The minimum atomic E-state index is -0.524. The molecule has 138 valence electrons. The van der Waals surface area contributed by atoms with Crippen molar-refractivity contribution in [2.75, 3.05) is 0 Å². The van der Waals surface area contributed by atoms with Gasteiger partial charge in [0.05, 0.1) is 14.9 Å². The molecule has 0 aliphatic carbocycles. The standard InChI is InChI=1S/C12H10N2O2S.C5H3ClN2O2/c15-14(16)11-6-7-12(13-8-11)17-9-10-4-2-1-3-5-10;6-5-2-1-4(3-7-5)8(9)10/h1-8H,9H2;1-3H. The van der Waals surface area contributed by atoms with Crippen LogP contribution in [0, 0.1) is 20.2 Å². The topological polar surface area (TPSA) is 112 Å². The Labute approximate surface area is 163 Å². The lowest BCUT2D eigenvalue weighted by Crippen LogP contribution is -1.89. The number of aromatic nitrogens is 2. The van der Waals surface area contributed by atoms with E-state index in [0.29, 0.717) is 0 Å². The van der Waals surface area contributed by atoms with E-state index in [2.05, 4.69) is 9.97 Å². The summed E-state index contributed by atoms with van der Waals surface area (Å²) >= 11 is 6.94. The van der Waals surface area contributed by atoms with Gasteiger partial charge in [0, 0.05) is 17.9 Å². The summed E-state index contributed by atoms with van der Waals surface area (Å²) in [5.41, 5.74) is 1.18. The van der Waals surface area contributed by atoms with Crippen molar-refractivity contribution < 1.29 is 9.85 Å². The molecule has 0 saturated heterocycles. The fourth-order valence-corrected chi connectivity index (χ4v) is 2.68. The number of benzene rings is 1. The molecular formula is C17H13ClN4O4S. The van der Waals surface area contributed by atoms with Crippen LogP contribution in [0.5, 0.6) is 0 Å². The molecule has 0 unspecified atom stereocenters. The predicted octanol–water partition coefficient (Wildman–Crippen LogP) is 4.93. The maximum absolute atomic E-state index is 10.5. The summed E-state index contributed by atoms with van der Waals surface area (Å²) in [5.74, 6) is 0.811. The van der Waals surface area contributed by atoms with Gasteiger partial charge in [-0.05, 0) is 17.7 Å². The van der Waals surface area contributed by atoms with Crippen LogP contribution >= 0.6 is 23.4 Å². The first-order valence-electron chi connectivity index (χ1n) is 7.49. The van der Waals surface area contributed by atoms with Crippen LogP contribution in [0.1, 0.15) is 5.56 Å². The number of nitro groups is 2. The lowest BCUT2D eigenvalue weighted by Gasteiger charge is -2.00. The molecule has 0 aliphatic heterocycles. The number of pyridine rings is 2. The third-order valence-electron chi connectivity index (χ3n) is 3.08. The van der Waals surface area contributed by atoms with E-state index in [-0.39, 0.29) is 16.5 Å². The highest BCUT2D eigenvalue weighted by atomic mass is 35.5. The molecule has 2 heterocycles. The minimum Gasteiger partial charge on any atom is -0.258 e. The van der Waals surface area contributed by atoms with E-state index in [1.807, 2.05) is 30.3 Å².